The van der Waals surface area contributed by atoms with Crippen LogP contribution in [-0.4, -0.2) is 45.3 Å². The number of aromatic nitrogens is 8. The zero-order valence-corrected chi connectivity index (χ0v) is 54.1. The second-order valence-electron chi connectivity index (χ2n) is 28.0. The van der Waals surface area contributed by atoms with Crippen LogP contribution in [0, 0.1) is 0 Å². The summed E-state index contributed by atoms with van der Waals surface area (Å²) >= 11 is 0. The Bertz CT molecular complexity index is 5810. The third-order valence-corrected chi connectivity index (χ3v) is 20.2. The molecule has 0 N–H and O–H groups in total. The fourth-order valence-corrected chi connectivity index (χ4v) is 15.5. The monoisotopic (exact) mass is 1230 g/mol. The van der Waals surface area contributed by atoms with E-state index in [-0.39, 0.29) is 17.5 Å². The number of fused-ring (bicyclic) bond motifs is 13. The van der Waals surface area contributed by atoms with Crippen molar-refractivity contribution in [2.24, 2.45) is 0 Å². The molecule has 2 aliphatic rings. The molecule has 0 atom stereocenters. The number of para-hydroxylation sites is 3. The summed E-state index contributed by atoms with van der Waals surface area (Å²) in [5, 5.41) is 7.40. The van der Waals surface area contributed by atoms with Crippen molar-refractivity contribution >= 4 is 88.5 Å². The molecule has 12 aromatic carbocycles. The van der Waals surface area contributed by atoms with Crippen LogP contribution in [0.4, 0.5) is 0 Å². The highest BCUT2D eigenvalue weighted by Gasteiger charge is 2.43. The first-order chi connectivity index (χ1) is 46.9. The van der Waals surface area contributed by atoms with E-state index in [4.69, 9.17) is 24.9 Å². The molecule has 0 bridgehead atoms. The van der Waals surface area contributed by atoms with Crippen molar-refractivity contribution in [3.63, 3.8) is 0 Å². The molecule has 8 nitrogen and oxygen atoms in total. The lowest BCUT2D eigenvalue weighted by molar-refractivity contribution is 0.591. The van der Waals surface area contributed by atoms with E-state index < -0.39 is 0 Å². The second-order valence-corrected chi connectivity index (χ2v) is 28.0. The average molecular weight is 1230 g/mol. The first-order valence-electron chi connectivity index (χ1n) is 33.3. The van der Waals surface area contributed by atoms with Gasteiger partial charge in [0, 0.05) is 88.1 Å². The van der Waals surface area contributed by atoms with Gasteiger partial charge in [0.2, 0.25) is 0 Å². The van der Waals surface area contributed by atoms with Gasteiger partial charge in [0.15, 0.2) is 23.3 Å². The van der Waals surface area contributed by atoms with E-state index in [0.29, 0.717) is 23.3 Å². The molecule has 0 saturated carbocycles. The van der Waals surface area contributed by atoms with Crippen LogP contribution >= 0.6 is 0 Å². The first kappa shape index (κ1) is 55.8. The molecule has 0 unspecified atom stereocenters. The highest BCUT2D eigenvalue weighted by Crippen LogP contribution is 2.46. The Labute approximate surface area is 556 Å². The molecule has 0 fully saturated rings. The molecule has 7 heterocycles. The van der Waals surface area contributed by atoms with Crippen LogP contribution in [0.1, 0.15) is 52.7 Å². The molecular weight excluding hydrogens is 1170 g/mol. The van der Waals surface area contributed by atoms with Gasteiger partial charge in [-0.1, -0.05) is 236 Å². The zero-order chi connectivity index (χ0) is 64.3. The summed E-state index contributed by atoms with van der Waals surface area (Å²) in [6, 6.07) is 98.9. The van der Waals surface area contributed by atoms with E-state index in [9.17, 15) is 0 Å². The lowest BCUT2D eigenvalue weighted by Crippen LogP contribution is -2.59. The molecule has 19 rings (SSSR count). The van der Waals surface area contributed by atoms with Crippen LogP contribution in [-0.2, 0) is 10.8 Å². The topological polar surface area (TPSA) is 79.2 Å². The Morgan fingerprint density at radius 3 is 1.17 bits per heavy atom. The Balaban J connectivity index is 0.867. The third kappa shape index (κ3) is 8.59. The molecule has 0 saturated heterocycles. The minimum atomic E-state index is -0.0814. The summed E-state index contributed by atoms with van der Waals surface area (Å²) in [6.07, 6.45) is 0. The van der Waals surface area contributed by atoms with Gasteiger partial charge in [0.25, 0.3) is 6.71 Å². The predicted octanol–water partition coefficient (Wildman–Crippen LogP) is 19.4. The van der Waals surface area contributed by atoms with Crippen LogP contribution in [0.25, 0.3) is 162 Å². The van der Waals surface area contributed by atoms with Crippen molar-refractivity contribution in [3.05, 3.63) is 284 Å². The summed E-state index contributed by atoms with van der Waals surface area (Å²) in [5.74, 6) is 2.26. The summed E-state index contributed by atoms with van der Waals surface area (Å²) < 4.78 is 7.62. The largest absolute Gasteiger partial charge is 0.310 e. The highest BCUT2D eigenvalue weighted by molar-refractivity contribution is 7.00. The summed E-state index contributed by atoms with van der Waals surface area (Å²) in [5.41, 5.74) is 26.4. The molecule has 0 amide bonds. The SMILES string of the molecule is CC(C)(C)c1cc2c3c(c1)c1ccccc1n3-c1cc(-c3ccc4c(c3)c3ccccc3n4-c3ccc(-c4nc(-c5ccccc5)cc(-c5ccccc5)n4)cc3-c3nc(-c4ccccc4)nc(-c4ccccc4)n3)cc3c1B2c1cc(C(C)(C)C)cc2c4ccccc4n-3c12. The molecular formula is C87H63BN8. The first-order valence-corrected chi connectivity index (χ1v) is 33.3. The van der Waals surface area contributed by atoms with Crippen LogP contribution in [0.15, 0.2) is 273 Å². The Morgan fingerprint density at radius 1 is 0.271 bits per heavy atom. The number of hydrogen-bond donors (Lipinski definition) is 0. The molecule has 2 aliphatic heterocycles. The van der Waals surface area contributed by atoms with E-state index in [1.165, 1.54) is 82.5 Å². The molecule has 9 heteroatoms. The van der Waals surface area contributed by atoms with Crippen LogP contribution < -0.4 is 16.4 Å². The molecule has 0 aliphatic carbocycles. The maximum atomic E-state index is 5.45. The molecule has 17 aromatic rings. The van der Waals surface area contributed by atoms with Gasteiger partial charge < -0.3 is 13.7 Å². The van der Waals surface area contributed by atoms with Crippen LogP contribution in [0.2, 0.25) is 0 Å². The quantitative estimate of drug-likeness (QED) is 0.142. The van der Waals surface area contributed by atoms with Crippen LogP contribution in [0.5, 0.6) is 0 Å². The van der Waals surface area contributed by atoms with Gasteiger partial charge in [-0.2, -0.15) is 0 Å². The van der Waals surface area contributed by atoms with E-state index >= 15 is 0 Å². The average Bonchev–Trinajstić information content (AvgIpc) is 1.46. The Hall–Kier alpha value is -11.8. The molecule has 0 radical (unpaired) electrons. The van der Waals surface area contributed by atoms with Gasteiger partial charge >= 0.3 is 0 Å². The fraction of sp³-hybridized carbons (Fsp3) is 0.0920. The van der Waals surface area contributed by atoms with Crippen molar-refractivity contribution in [3.8, 4) is 96.3 Å². The molecule has 0 spiro atoms. The lowest BCUT2D eigenvalue weighted by Gasteiger charge is -2.36. The van der Waals surface area contributed by atoms with E-state index in [0.717, 1.165) is 83.4 Å². The van der Waals surface area contributed by atoms with Gasteiger partial charge in [-0.15, -0.1) is 0 Å². The Morgan fingerprint density at radius 2 is 0.677 bits per heavy atom. The summed E-state index contributed by atoms with van der Waals surface area (Å²) in [6.45, 7) is 14.1. The van der Waals surface area contributed by atoms with Crippen LogP contribution in [0.3, 0.4) is 0 Å². The number of hydrogen-bond acceptors (Lipinski definition) is 5. The van der Waals surface area contributed by atoms with Gasteiger partial charge in [0.1, 0.15) is 0 Å². The summed E-state index contributed by atoms with van der Waals surface area (Å²) in [7, 11) is 0. The molecule has 454 valence electrons. The van der Waals surface area contributed by atoms with Crippen molar-refractivity contribution < 1.29 is 0 Å². The standard InChI is InChI=1S/C87H63BN8/c1-86(2,3)59-47-65-62-34-20-23-37-73(62)95-77-45-58(46-78-79(77)88(68(49-59)80(65)95)69-50-60(87(4,5)6)48-66-63-35-21-24-38-74(63)96(78)81(66)69)56-39-41-75-64(43-56)61-33-19-22-36-72(61)94(75)76-42-40-57(84-89-70(52-25-11-7-12-26-52)51-71(90-84)53-27-13-8-14-28-53)44-67(76)85-92-82(54-29-15-9-16-30-54)91-83(93-85)55-31-17-10-18-32-55/h7-51H,1-6H3. The summed E-state index contributed by atoms with van der Waals surface area (Å²) in [4.78, 5) is 26.8. The number of rotatable bonds is 8. The van der Waals surface area contributed by atoms with E-state index in [1.54, 1.807) is 0 Å². The second kappa shape index (κ2) is 20.8. The van der Waals surface area contributed by atoms with Gasteiger partial charge in [-0.25, -0.2) is 24.9 Å². The van der Waals surface area contributed by atoms with E-state index in [2.05, 4.69) is 280 Å². The van der Waals surface area contributed by atoms with Crippen molar-refractivity contribution in [2.45, 2.75) is 52.4 Å². The molecule has 96 heavy (non-hydrogen) atoms. The minimum absolute atomic E-state index is 0.0180. The Kier molecular flexibility index (Phi) is 12.1. The minimum Gasteiger partial charge on any atom is -0.310 e. The van der Waals surface area contributed by atoms with Crippen molar-refractivity contribution in [1.82, 2.24) is 38.6 Å². The predicted molar refractivity (Wildman–Crippen MR) is 399 cm³/mol. The number of nitrogens with zero attached hydrogens (tertiary/aromatic N) is 8. The smallest absolute Gasteiger partial charge is 0.252 e. The third-order valence-electron chi connectivity index (χ3n) is 20.2. The molecule has 5 aromatic heterocycles. The van der Waals surface area contributed by atoms with Gasteiger partial charge in [-0.3, -0.25) is 0 Å². The van der Waals surface area contributed by atoms with Crippen molar-refractivity contribution in [1.29, 1.82) is 0 Å². The highest BCUT2D eigenvalue weighted by atomic mass is 15.1. The zero-order valence-electron chi connectivity index (χ0n) is 54.1. The van der Waals surface area contributed by atoms with Crippen molar-refractivity contribution in [2.75, 3.05) is 0 Å². The van der Waals surface area contributed by atoms with Gasteiger partial charge in [-0.05, 0) is 128 Å². The maximum absolute atomic E-state index is 5.45. The fourth-order valence-electron chi connectivity index (χ4n) is 15.5. The van der Waals surface area contributed by atoms with Gasteiger partial charge in [0.05, 0.1) is 39.1 Å². The number of benzene rings is 12. The maximum Gasteiger partial charge on any atom is 0.252 e. The normalized spacial score (nSPS) is 12.7. The van der Waals surface area contributed by atoms with E-state index in [1.807, 2.05) is 48.5 Å². The lowest BCUT2D eigenvalue weighted by atomic mass is 9.34.